The van der Waals surface area contributed by atoms with Crippen LogP contribution in [-0.2, 0) is 5.75 Å². The van der Waals surface area contributed by atoms with E-state index in [-0.39, 0.29) is 6.17 Å². The van der Waals surface area contributed by atoms with Crippen LogP contribution in [0.3, 0.4) is 0 Å². The van der Waals surface area contributed by atoms with Crippen molar-refractivity contribution in [2.45, 2.75) is 16.3 Å². The number of hydrogen-bond acceptors (Lipinski definition) is 6. The minimum atomic E-state index is -0.146. The van der Waals surface area contributed by atoms with Crippen molar-refractivity contribution < 1.29 is 4.74 Å². The summed E-state index contributed by atoms with van der Waals surface area (Å²) < 4.78 is 8.00. The van der Waals surface area contributed by atoms with Crippen molar-refractivity contribution >= 4 is 61.9 Å². The first-order valence-corrected chi connectivity index (χ1v) is 13.8. The number of thiazole rings is 1. The van der Waals surface area contributed by atoms with E-state index in [1.54, 1.807) is 30.2 Å². The molecule has 1 aliphatic heterocycles. The second-order valence-corrected chi connectivity index (χ2v) is 11.1. The zero-order valence-electron chi connectivity index (χ0n) is 19.5. The average molecular weight is 526 g/mol. The zero-order valence-corrected chi connectivity index (χ0v) is 22.0. The maximum atomic E-state index is 6.02. The van der Waals surface area contributed by atoms with Crippen molar-refractivity contribution in [2.24, 2.45) is 0 Å². The lowest BCUT2D eigenvalue weighted by Gasteiger charge is -2.40. The van der Waals surface area contributed by atoms with Gasteiger partial charge in [-0.3, -0.25) is 0 Å². The third kappa shape index (κ3) is 4.34. The van der Waals surface area contributed by atoms with Crippen LogP contribution in [0.25, 0.3) is 10.2 Å². The highest BCUT2D eigenvalue weighted by Gasteiger charge is 2.31. The Hall–Kier alpha value is -3.39. The Morgan fingerprint density at radius 3 is 2.58 bits per heavy atom. The molecule has 36 heavy (non-hydrogen) atoms. The van der Waals surface area contributed by atoms with Crippen LogP contribution in [0.4, 0.5) is 11.4 Å². The second kappa shape index (κ2) is 9.93. The molecule has 2 heterocycles. The van der Waals surface area contributed by atoms with Crippen LogP contribution >= 0.6 is 35.3 Å². The molecule has 4 nitrogen and oxygen atoms in total. The highest BCUT2D eigenvalue weighted by molar-refractivity contribution is 8.00. The molecule has 0 radical (unpaired) electrons. The van der Waals surface area contributed by atoms with Gasteiger partial charge in [-0.25, -0.2) is 4.98 Å². The number of methoxy groups -OCH3 is 1. The molecule has 0 saturated carbocycles. The standard InChI is InChI=1S/C29H23N3OS3/c1-33-25-16-15-19(17-20(25)18-35-29-31-24-13-7-8-14-26(24)36-29)27-30-23-12-6-5-11-22(23)28(34)32(27)21-9-3-2-4-10-21/h2-17,27,30H,18H2,1H3/t27-/m1/s1. The van der Waals surface area contributed by atoms with Crippen LogP contribution in [0.15, 0.2) is 101 Å². The van der Waals surface area contributed by atoms with Gasteiger partial charge in [0.15, 0.2) is 4.34 Å². The van der Waals surface area contributed by atoms with E-state index < -0.39 is 0 Å². The van der Waals surface area contributed by atoms with Crippen LogP contribution in [0.2, 0.25) is 0 Å². The first-order valence-electron chi connectivity index (χ1n) is 11.6. The molecule has 5 aromatic rings. The van der Waals surface area contributed by atoms with Gasteiger partial charge >= 0.3 is 0 Å². The lowest BCUT2D eigenvalue weighted by atomic mass is 10.0. The molecule has 1 aromatic heterocycles. The fourth-order valence-corrected chi connectivity index (χ4v) is 6.91. The van der Waals surface area contributed by atoms with Crippen molar-refractivity contribution in [2.75, 3.05) is 17.3 Å². The van der Waals surface area contributed by atoms with E-state index in [9.17, 15) is 0 Å². The monoisotopic (exact) mass is 525 g/mol. The molecule has 0 aliphatic carbocycles. The highest BCUT2D eigenvalue weighted by Crippen LogP contribution is 2.39. The van der Waals surface area contributed by atoms with Crippen LogP contribution < -0.4 is 15.0 Å². The summed E-state index contributed by atoms with van der Waals surface area (Å²) in [6, 6.07) is 33.2. The topological polar surface area (TPSA) is 37.4 Å². The van der Waals surface area contributed by atoms with Gasteiger partial charge in [-0.2, -0.15) is 0 Å². The van der Waals surface area contributed by atoms with Gasteiger partial charge in [0.25, 0.3) is 0 Å². The van der Waals surface area contributed by atoms with Gasteiger partial charge in [0.05, 0.1) is 17.3 Å². The molecule has 0 unspecified atom stereocenters. The molecule has 0 amide bonds. The fourth-order valence-electron chi connectivity index (χ4n) is 4.48. The molecule has 6 rings (SSSR count). The molecular weight excluding hydrogens is 503 g/mol. The van der Waals surface area contributed by atoms with Crippen molar-refractivity contribution in [3.63, 3.8) is 0 Å². The molecule has 178 valence electrons. The van der Waals surface area contributed by atoms with Crippen molar-refractivity contribution in [1.29, 1.82) is 0 Å². The third-order valence-electron chi connectivity index (χ3n) is 6.21. The maximum absolute atomic E-state index is 6.02. The lowest BCUT2D eigenvalue weighted by Crippen LogP contribution is -2.42. The molecule has 0 fully saturated rings. The summed E-state index contributed by atoms with van der Waals surface area (Å²) in [5, 5.41) is 3.73. The van der Waals surface area contributed by atoms with Gasteiger partial charge in [-0.15, -0.1) is 11.3 Å². The van der Waals surface area contributed by atoms with Crippen molar-refractivity contribution in [3.05, 3.63) is 114 Å². The maximum Gasteiger partial charge on any atom is 0.151 e. The summed E-state index contributed by atoms with van der Waals surface area (Å²) in [6.45, 7) is 0. The first kappa shape index (κ1) is 23.0. The SMILES string of the molecule is COc1ccc([C@@H]2Nc3ccccc3C(=S)N2c2ccccc2)cc1CSc1nc2ccccc2s1. The summed E-state index contributed by atoms with van der Waals surface area (Å²) in [6.07, 6.45) is -0.146. The molecule has 0 bridgehead atoms. The average Bonchev–Trinajstić information content (AvgIpc) is 3.35. The molecule has 7 heteroatoms. The van der Waals surface area contributed by atoms with E-state index in [1.807, 2.05) is 36.4 Å². The third-order valence-corrected chi connectivity index (χ3v) is 8.85. The smallest absolute Gasteiger partial charge is 0.151 e. The van der Waals surface area contributed by atoms with Crippen LogP contribution in [0.1, 0.15) is 22.9 Å². The minimum absolute atomic E-state index is 0.146. The Balaban J connectivity index is 1.36. The fraction of sp³-hybridized carbons (Fsp3) is 0.103. The van der Waals surface area contributed by atoms with Gasteiger partial charge in [0, 0.05) is 28.3 Å². The number of benzene rings is 4. The number of para-hydroxylation sites is 3. The van der Waals surface area contributed by atoms with Gasteiger partial charge in [0.1, 0.15) is 16.9 Å². The van der Waals surface area contributed by atoms with Crippen LogP contribution in [0, 0.1) is 0 Å². The number of rotatable bonds is 6. The quantitative estimate of drug-likeness (QED) is 0.179. The number of nitrogens with one attached hydrogen (secondary N) is 1. The number of thiocarbonyl (C=S) groups is 1. The predicted octanol–water partition coefficient (Wildman–Crippen LogP) is 7.90. The number of fused-ring (bicyclic) bond motifs is 2. The Labute approximate surface area is 224 Å². The van der Waals surface area contributed by atoms with E-state index in [4.69, 9.17) is 21.9 Å². The second-order valence-electron chi connectivity index (χ2n) is 8.41. The summed E-state index contributed by atoms with van der Waals surface area (Å²) in [5.74, 6) is 1.63. The number of thioether (sulfide) groups is 1. The molecule has 4 aromatic carbocycles. The summed E-state index contributed by atoms with van der Waals surface area (Å²) >= 11 is 9.48. The first-order chi connectivity index (χ1) is 17.7. The van der Waals surface area contributed by atoms with Gasteiger partial charge in [0.2, 0.25) is 0 Å². The number of aromatic nitrogens is 1. The Morgan fingerprint density at radius 1 is 0.972 bits per heavy atom. The van der Waals surface area contributed by atoms with E-state index in [1.165, 1.54) is 4.70 Å². The van der Waals surface area contributed by atoms with E-state index in [2.05, 4.69) is 70.9 Å². The Kier molecular flexibility index (Phi) is 6.35. The lowest BCUT2D eigenvalue weighted by molar-refractivity contribution is 0.411. The van der Waals surface area contributed by atoms with Crippen LogP contribution in [-0.4, -0.2) is 17.1 Å². The molecule has 0 saturated heterocycles. The molecule has 0 spiro atoms. The predicted molar refractivity (Wildman–Crippen MR) is 156 cm³/mol. The van der Waals surface area contributed by atoms with Crippen LogP contribution in [0.5, 0.6) is 5.75 Å². The van der Waals surface area contributed by atoms with E-state index in [0.29, 0.717) is 0 Å². The number of anilines is 2. The molecular formula is C29H23N3OS3. The van der Waals surface area contributed by atoms with Crippen molar-refractivity contribution in [3.8, 4) is 5.75 Å². The van der Waals surface area contributed by atoms with Gasteiger partial charge in [-0.1, -0.05) is 72.5 Å². The number of ether oxygens (including phenoxy) is 1. The molecule has 1 aliphatic rings. The van der Waals surface area contributed by atoms with E-state index in [0.717, 1.165) is 54.4 Å². The molecule has 1 atom stereocenters. The summed E-state index contributed by atoms with van der Waals surface area (Å²) in [4.78, 5) is 7.79. The summed E-state index contributed by atoms with van der Waals surface area (Å²) in [5.41, 5.74) is 6.42. The van der Waals surface area contributed by atoms with Crippen molar-refractivity contribution in [1.82, 2.24) is 4.98 Å². The van der Waals surface area contributed by atoms with E-state index >= 15 is 0 Å². The minimum Gasteiger partial charge on any atom is -0.496 e. The highest BCUT2D eigenvalue weighted by atomic mass is 32.2. The van der Waals surface area contributed by atoms with Gasteiger partial charge in [-0.05, 0) is 54.1 Å². The zero-order chi connectivity index (χ0) is 24.5. The molecule has 1 N–H and O–H groups in total. The Bertz CT molecular complexity index is 1520. The van der Waals surface area contributed by atoms with Gasteiger partial charge < -0.3 is 15.0 Å². The number of hydrogen-bond donors (Lipinski definition) is 1. The summed E-state index contributed by atoms with van der Waals surface area (Å²) in [7, 11) is 1.72. The number of nitrogens with zero attached hydrogens (tertiary/aromatic N) is 2. The Morgan fingerprint density at radius 2 is 1.75 bits per heavy atom. The normalized spacial score (nSPS) is 15.0. The largest absolute Gasteiger partial charge is 0.496 e.